The van der Waals surface area contributed by atoms with Gasteiger partial charge in [0.05, 0.1) is 0 Å². The lowest BCUT2D eigenvalue weighted by Crippen LogP contribution is -2.74. The Balaban J connectivity index is 1.88. The summed E-state index contributed by atoms with van der Waals surface area (Å²) < 4.78 is 0. The highest BCUT2D eigenvalue weighted by Crippen LogP contribution is 2.67. The van der Waals surface area contributed by atoms with Gasteiger partial charge in [0.1, 0.15) is 0 Å². The van der Waals surface area contributed by atoms with Gasteiger partial charge in [-0.2, -0.15) is 5.48 Å². The van der Waals surface area contributed by atoms with Crippen molar-refractivity contribution in [2.75, 3.05) is 0 Å². The molecule has 18 heavy (non-hydrogen) atoms. The number of hydrogen-bond acceptors (Lipinski definition) is 3. The van der Waals surface area contributed by atoms with Crippen molar-refractivity contribution < 1.29 is 9.63 Å². The van der Waals surface area contributed by atoms with Crippen molar-refractivity contribution in [3.63, 3.8) is 0 Å². The van der Waals surface area contributed by atoms with E-state index in [1.165, 1.54) is 6.92 Å². The number of rotatable bonds is 3. The van der Waals surface area contributed by atoms with E-state index in [4.69, 9.17) is 22.2 Å². The summed E-state index contributed by atoms with van der Waals surface area (Å²) >= 11 is 6.04. The second-order valence-electron chi connectivity index (χ2n) is 5.57. The van der Waals surface area contributed by atoms with Crippen LogP contribution in [0.15, 0.2) is 18.2 Å². The Hall–Kier alpha value is -1.26. The fourth-order valence-electron chi connectivity index (χ4n) is 3.28. The zero-order valence-corrected chi connectivity index (χ0v) is 10.9. The van der Waals surface area contributed by atoms with Crippen molar-refractivity contribution >= 4 is 17.5 Å². The van der Waals surface area contributed by atoms with Gasteiger partial charge in [0.15, 0.2) is 5.75 Å². The van der Waals surface area contributed by atoms with E-state index >= 15 is 0 Å². The Morgan fingerprint density at radius 1 is 1.44 bits per heavy atom. The molecule has 1 amide bonds. The number of hydrogen-bond donors (Lipinski definition) is 2. The molecular weight excluding hydrogens is 252 g/mol. The highest BCUT2D eigenvalue weighted by atomic mass is 35.5. The van der Waals surface area contributed by atoms with Gasteiger partial charge < -0.3 is 10.6 Å². The normalized spacial score (nSPS) is 32.2. The quantitative estimate of drug-likeness (QED) is 0.822. The Labute approximate surface area is 110 Å². The van der Waals surface area contributed by atoms with Gasteiger partial charge >= 0.3 is 0 Å². The van der Waals surface area contributed by atoms with Crippen LogP contribution in [-0.2, 0) is 10.2 Å². The fraction of sp³-hybridized carbons (Fsp3) is 0.462. The Morgan fingerprint density at radius 3 is 2.67 bits per heavy atom. The van der Waals surface area contributed by atoms with Crippen molar-refractivity contribution in [1.29, 1.82) is 0 Å². The minimum Gasteiger partial charge on any atom is -0.379 e. The summed E-state index contributed by atoms with van der Waals surface area (Å²) in [4.78, 5) is 16.2. The first-order chi connectivity index (χ1) is 8.42. The molecule has 0 unspecified atom stereocenters. The highest BCUT2D eigenvalue weighted by molar-refractivity contribution is 6.30. The van der Waals surface area contributed by atoms with Crippen molar-refractivity contribution in [3.8, 4) is 5.75 Å². The first kappa shape index (κ1) is 11.8. The summed E-state index contributed by atoms with van der Waals surface area (Å²) in [5.41, 5.74) is 9.61. The number of benzene rings is 1. The second-order valence-corrected chi connectivity index (χ2v) is 6.01. The standard InChI is InChI=1S/C13H15ClN2O2/c1-8(17)16-18-11-3-2-9(14)4-10(11)12-5-13(15,6-12)7-12/h2-4H,5-7,15H2,1H3,(H,16,17). The van der Waals surface area contributed by atoms with Crippen LogP contribution in [0.25, 0.3) is 0 Å². The van der Waals surface area contributed by atoms with E-state index < -0.39 is 0 Å². The molecule has 4 nitrogen and oxygen atoms in total. The smallest absolute Gasteiger partial charge is 0.249 e. The lowest BCUT2D eigenvalue weighted by Gasteiger charge is -2.69. The van der Waals surface area contributed by atoms with Gasteiger partial charge in [0, 0.05) is 28.5 Å². The predicted molar refractivity (Wildman–Crippen MR) is 68.3 cm³/mol. The fourth-order valence-corrected chi connectivity index (χ4v) is 3.46. The van der Waals surface area contributed by atoms with E-state index in [-0.39, 0.29) is 16.9 Å². The van der Waals surface area contributed by atoms with Crippen LogP contribution in [0.3, 0.4) is 0 Å². The van der Waals surface area contributed by atoms with E-state index in [0.29, 0.717) is 10.8 Å². The zero-order chi connectivity index (χ0) is 13.0. The molecule has 96 valence electrons. The maximum Gasteiger partial charge on any atom is 0.249 e. The highest BCUT2D eigenvalue weighted by Gasteiger charge is 2.67. The Kier molecular flexibility index (Phi) is 2.37. The third-order valence-electron chi connectivity index (χ3n) is 3.89. The Bertz CT molecular complexity index is 510. The lowest BCUT2D eigenvalue weighted by atomic mass is 9.38. The predicted octanol–water partition coefficient (Wildman–Crippen LogP) is 1.90. The molecule has 5 heteroatoms. The third-order valence-corrected chi connectivity index (χ3v) is 4.12. The molecule has 3 N–H and O–H groups in total. The van der Waals surface area contributed by atoms with Gasteiger partial charge in [-0.05, 0) is 37.5 Å². The molecule has 0 heterocycles. The molecule has 1 aromatic carbocycles. The number of carbonyl (C=O) groups is 1. The molecule has 3 aliphatic rings. The van der Waals surface area contributed by atoms with Crippen LogP contribution >= 0.6 is 11.6 Å². The Morgan fingerprint density at radius 2 is 2.11 bits per heavy atom. The van der Waals surface area contributed by atoms with Gasteiger partial charge in [0.25, 0.3) is 0 Å². The molecule has 3 saturated carbocycles. The molecule has 0 spiro atoms. The van der Waals surface area contributed by atoms with Gasteiger partial charge in [-0.3, -0.25) is 4.79 Å². The number of carbonyl (C=O) groups excluding carboxylic acids is 1. The van der Waals surface area contributed by atoms with Crippen LogP contribution in [0, 0.1) is 0 Å². The topological polar surface area (TPSA) is 64.3 Å². The molecule has 0 aliphatic heterocycles. The van der Waals surface area contributed by atoms with Crippen LogP contribution < -0.4 is 16.1 Å². The maximum absolute atomic E-state index is 10.9. The average molecular weight is 267 g/mol. The van der Waals surface area contributed by atoms with E-state index in [0.717, 1.165) is 24.8 Å². The van der Waals surface area contributed by atoms with Crippen molar-refractivity contribution in [2.45, 2.75) is 37.1 Å². The van der Waals surface area contributed by atoms with Crippen LogP contribution in [0.5, 0.6) is 5.75 Å². The van der Waals surface area contributed by atoms with E-state index in [2.05, 4.69) is 5.48 Å². The third kappa shape index (κ3) is 1.68. The summed E-state index contributed by atoms with van der Waals surface area (Å²) in [5, 5.41) is 0.677. The van der Waals surface area contributed by atoms with Crippen molar-refractivity contribution in [2.24, 2.45) is 5.73 Å². The molecular formula is C13H15ClN2O2. The molecule has 0 aromatic heterocycles. The van der Waals surface area contributed by atoms with Crippen molar-refractivity contribution in [1.82, 2.24) is 5.48 Å². The molecule has 3 fully saturated rings. The van der Waals surface area contributed by atoms with Crippen LogP contribution in [0.1, 0.15) is 31.7 Å². The van der Waals surface area contributed by atoms with Gasteiger partial charge in [-0.25, -0.2) is 0 Å². The minimum atomic E-state index is -0.233. The van der Waals surface area contributed by atoms with Crippen LogP contribution in [-0.4, -0.2) is 11.4 Å². The number of hydroxylamine groups is 1. The maximum atomic E-state index is 10.9. The van der Waals surface area contributed by atoms with E-state index in [1.54, 1.807) is 12.1 Å². The molecule has 0 radical (unpaired) electrons. The number of nitrogens with two attached hydrogens (primary N) is 1. The van der Waals surface area contributed by atoms with E-state index in [9.17, 15) is 4.79 Å². The number of nitrogens with one attached hydrogen (secondary N) is 1. The average Bonchev–Trinajstić information content (AvgIpc) is 2.21. The van der Waals surface area contributed by atoms with Crippen LogP contribution in [0.2, 0.25) is 5.02 Å². The van der Waals surface area contributed by atoms with Gasteiger partial charge in [0.2, 0.25) is 5.91 Å². The first-order valence-electron chi connectivity index (χ1n) is 5.95. The summed E-state index contributed by atoms with van der Waals surface area (Å²) in [6.45, 7) is 1.41. The number of halogens is 1. The van der Waals surface area contributed by atoms with Crippen molar-refractivity contribution in [3.05, 3.63) is 28.8 Å². The van der Waals surface area contributed by atoms with E-state index in [1.807, 2.05) is 6.07 Å². The summed E-state index contributed by atoms with van der Waals surface area (Å²) in [7, 11) is 0. The summed E-state index contributed by atoms with van der Waals surface area (Å²) in [5.74, 6) is 0.431. The second kappa shape index (κ2) is 3.62. The largest absolute Gasteiger partial charge is 0.379 e. The molecule has 2 bridgehead atoms. The zero-order valence-electron chi connectivity index (χ0n) is 10.1. The molecule has 4 rings (SSSR count). The van der Waals surface area contributed by atoms with Crippen LogP contribution in [0.4, 0.5) is 0 Å². The number of amides is 1. The summed E-state index contributed by atoms with van der Waals surface area (Å²) in [6, 6.07) is 5.46. The van der Waals surface area contributed by atoms with Gasteiger partial charge in [-0.1, -0.05) is 11.6 Å². The molecule has 1 aromatic rings. The monoisotopic (exact) mass is 266 g/mol. The van der Waals surface area contributed by atoms with Gasteiger partial charge in [-0.15, -0.1) is 0 Å². The SMILES string of the molecule is CC(=O)NOc1ccc(Cl)cc1C12CC(N)(C1)C2. The lowest BCUT2D eigenvalue weighted by molar-refractivity contribution is -0.125. The molecule has 3 aliphatic carbocycles. The molecule has 0 saturated heterocycles. The summed E-state index contributed by atoms with van der Waals surface area (Å²) in [6.07, 6.45) is 2.91. The first-order valence-corrected chi connectivity index (χ1v) is 6.33. The minimum absolute atomic E-state index is 0.0214. The molecule has 0 atom stereocenters.